The van der Waals surface area contributed by atoms with Gasteiger partial charge in [-0.3, -0.25) is 0 Å². The van der Waals surface area contributed by atoms with Crippen LogP contribution in [-0.4, -0.2) is 11.5 Å². The van der Waals surface area contributed by atoms with Crippen molar-refractivity contribution in [3.8, 4) is 10.4 Å². The van der Waals surface area contributed by atoms with Crippen molar-refractivity contribution >= 4 is 16.5 Å². The van der Waals surface area contributed by atoms with E-state index in [2.05, 4.69) is 48.4 Å². The number of aromatic nitrogens is 1. The van der Waals surface area contributed by atoms with Gasteiger partial charge in [0.2, 0.25) is 0 Å². The van der Waals surface area contributed by atoms with Gasteiger partial charge in [-0.25, -0.2) is 4.98 Å². The van der Waals surface area contributed by atoms with Crippen LogP contribution in [0.1, 0.15) is 12.5 Å². The van der Waals surface area contributed by atoms with Crippen LogP contribution in [0.5, 0.6) is 0 Å². The quantitative estimate of drug-likeness (QED) is 0.852. The van der Waals surface area contributed by atoms with Crippen molar-refractivity contribution in [2.75, 3.05) is 11.9 Å². The summed E-state index contributed by atoms with van der Waals surface area (Å²) < 4.78 is 0. The molecule has 0 saturated heterocycles. The molecule has 0 aliphatic rings. The van der Waals surface area contributed by atoms with Gasteiger partial charge in [-0.2, -0.15) is 0 Å². The third-order valence-corrected chi connectivity index (χ3v) is 3.17. The second-order valence-electron chi connectivity index (χ2n) is 3.43. The van der Waals surface area contributed by atoms with Crippen molar-refractivity contribution < 1.29 is 0 Å². The van der Waals surface area contributed by atoms with Crippen molar-refractivity contribution in [1.29, 1.82) is 0 Å². The van der Waals surface area contributed by atoms with Crippen molar-refractivity contribution in [2.24, 2.45) is 0 Å². The van der Waals surface area contributed by atoms with E-state index in [0.717, 1.165) is 11.7 Å². The zero-order valence-corrected chi connectivity index (χ0v) is 9.77. The first-order valence-corrected chi connectivity index (χ1v) is 5.88. The molecule has 0 saturated carbocycles. The maximum absolute atomic E-state index is 4.31. The van der Waals surface area contributed by atoms with E-state index in [1.165, 1.54) is 16.0 Å². The van der Waals surface area contributed by atoms with Gasteiger partial charge >= 0.3 is 0 Å². The summed E-state index contributed by atoms with van der Waals surface area (Å²) in [5, 5.41) is 4.21. The zero-order valence-electron chi connectivity index (χ0n) is 8.95. The molecule has 1 heterocycles. The standard InChI is InChI=1S/C12H14N2S/c1-3-13-12-14-8-11(15-12)10-6-4-9(2)5-7-10/h4-8H,3H2,1-2H3,(H,13,14). The first-order chi connectivity index (χ1) is 7.29. The number of benzene rings is 1. The van der Waals surface area contributed by atoms with Crippen LogP contribution in [0.2, 0.25) is 0 Å². The summed E-state index contributed by atoms with van der Waals surface area (Å²) in [7, 11) is 0. The minimum Gasteiger partial charge on any atom is -0.362 e. The Labute approximate surface area is 94.0 Å². The normalized spacial score (nSPS) is 10.3. The molecule has 15 heavy (non-hydrogen) atoms. The van der Waals surface area contributed by atoms with Crippen LogP contribution in [0, 0.1) is 6.92 Å². The molecule has 0 amide bonds. The molecule has 1 aromatic carbocycles. The van der Waals surface area contributed by atoms with Gasteiger partial charge in [-0.1, -0.05) is 41.2 Å². The van der Waals surface area contributed by atoms with Gasteiger partial charge in [0.25, 0.3) is 0 Å². The number of nitrogens with one attached hydrogen (secondary N) is 1. The molecule has 2 rings (SSSR count). The topological polar surface area (TPSA) is 24.9 Å². The smallest absolute Gasteiger partial charge is 0.183 e. The largest absolute Gasteiger partial charge is 0.362 e. The molecule has 2 nitrogen and oxygen atoms in total. The fraction of sp³-hybridized carbons (Fsp3) is 0.250. The van der Waals surface area contributed by atoms with E-state index < -0.39 is 0 Å². The Balaban J connectivity index is 2.25. The highest BCUT2D eigenvalue weighted by molar-refractivity contribution is 7.18. The second kappa shape index (κ2) is 4.45. The molecule has 0 radical (unpaired) electrons. The SMILES string of the molecule is CCNc1ncc(-c2ccc(C)cc2)s1. The third-order valence-electron chi connectivity index (χ3n) is 2.17. The average molecular weight is 218 g/mol. The van der Waals surface area contributed by atoms with Crippen molar-refractivity contribution in [3.05, 3.63) is 36.0 Å². The molecule has 0 unspecified atom stereocenters. The van der Waals surface area contributed by atoms with Crippen molar-refractivity contribution in [1.82, 2.24) is 4.98 Å². The Morgan fingerprint density at radius 3 is 2.67 bits per heavy atom. The Morgan fingerprint density at radius 2 is 2.00 bits per heavy atom. The van der Waals surface area contributed by atoms with Crippen LogP contribution in [0.4, 0.5) is 5.13 Å². The maximum Gasteiger partial charge on any atom is 0.183 e. The van der Waals surface area contributed by atoms with E-state index in [9.17, 15) is 0 Å². The monoisotopic (exact) mass is 218 g/mol. The van der Waals surface area contributed by atoms with Crippen LogP contribution >= 0.6 is 11.3 Å². The molecule has 78 valence electrons. The van der Waals surface area contributed by atoms with Crippen molar-refractivity contribution in [2.45, 2.75) is 13.8 Å². The highest BCUT2D eigenvalue weighted by Gasteiger charge is 2.02. The van der Waals surface area contributed by atoms with Gasteiger partial charge in [0, 0.05) is 12.7 Å². The summed E-state index contributed by atoms with van der Waals surface area (Å²) >= 11 is 1.69. The molecule has 0 aliphatic carbocycles. The maximum atomic E-state index is 4.31. The number of hydrogen-bond acceptors (Lipinski definition) is 3. The summed E-state index contributed by atoms with van der Waals surface area (Å²) in [6, 6.07) is 8.53. The summed E-state index contributed by atoms with van der Waals surface area (Å²) in [5.74, 6) is 0. The fourth-order valence-electron chi connectivity index (χ4n) is 1.36. The van der Waals surface area contributed by atoms with E-state index >= 15 is 0 Å². The van der Waals surface area contributed by atoms with Crippen molar-refractivity contribution in [3.63, 3.8) is 0 Å². The molecule has 2 aromatic rings. The lowest BCUT2D eigenvalue weighted by atomic mass is 10.1. The Hall–Kier alpha value is -1.35. The summed E-state index contributed by atoms with van der Waals surface area (Å²) in [5.41, 5.74) is 2.53. The summed E-state index contributed by atoms with van der Waals surface area (Å²) in [4.78, 5) is 5.53. The molecule has 0 aliphatic heterocycles. The molecule has 0 atom stereocenters. The van der Waals surface area contributed by atoms with Gasteiger partial charge in [0.05, 0.1) is 4.88 Å². The first kappa shape index (κ1) is 10.2. The molecule has 0 bridgehead atoms. The number of nitrogens with zero attached hydrogens (tertiary/aromatic N) is 1. The second-order valence-corrected chi connectivity index (χ2v) is 4.46. The lowest BCUT2D eigenvalue weighted by Crippen LogP contribution is -1.94. The minimum absolute atomic E-state index is 0.918. The van der Waals surface area contributed by atoms with E-state index in [-0.39, 0.29) is 0 Å². The molecule has 0 fully saturated rings. The van der Waals surface area contributed by atoms with Gasteiger partial charge in [0.15, 0.2) is 5.13 Å². The molecule has 1 N–H and O–H groups in total. The van der Waals surface area contributed by atoms with E-state index in [4.69, 9.17) is 0 Å². The van der Waals surface area contributed by atoms with E-state index in [0.29, 0.717) is 0 Å². The molecule has 0 spiro atoms. The number of anilines is 1. The number of aryl methyl sites for hydroxylation is 1. The van der Waals surface area contributed by atoms with Crippen LogP contribution < -0.4 is 5.32 Å². The Kier molecular flexibility index (Phi) is 3.02. The minimum atomic E-state index is 0.918. The predicted octanol–water partition coefficient (Wildman–Crippen LogP) is 3.55. The Bertz CT molecular complexity index is 431. The first-order valence-electron chi connectivity index (χ1n) is 5.06. The highest BCUT2D eigenvalue weighted by atomic mass is 32.1. The van der Waals surface area contributed by atoms with Gasteiger partial charge < -0.3 is 5.32 Å². The summed E-state index contributed by atoms with van der Waals surface area (Å²) in [6.07, 6.45) is 1.92. The predicted molar refractivity (Wildman–Crippen MR) is 66.5 cm³/mol. The van der Waals surface area contributed by atoms with Crippen LogP contribution in [-0.2, 0) is 0 Å². The average Bonchev–Trinajstić information content (AvgIpc) is 2.68. The lowest BCUT2D eigenvalue weighted by molar-refractivity contribution is 1.19. The van der Waals surface area contributed by atoms with Crippen LogP contribution in [0.25, 0.3) is 10.4 Å². The third kappa shape index (κ3) is 2.36. The van der Waals surface area contributed by atoms with E-state index in [1.54, 1.807) is 11.3 Å². The van der Waals surface area contributed by atoms with Crippen LogP contribution in [0.15, 0.2) is 30.5 Å². The van der Waals surface area contributed by atoms with Crippen LogP contribution in [0.3, 0.4) is 0 Å². The molecular weight excluding hydrogens is 204 g/mol. The Morgan fingerprint density at radius 1 is 1.27 bits per heavy atom. The molecule has 1 aromatic heterocycles. The summed E-state index contributed by atoms with van der Waals surface area (Å²) in [6.45, 7) is 5.09. The number of thiazole rings is 1. The number of hydrogen-bond donors (Lipinski definition) is 1. The van der Waals surface area contributed by atoms with Gasteiger partial charge in [-0.15, -0.1) is 0 Å². The van der Waals surface area contributed by atoms with E-state index in [1.807, 2.05) is 6.20 Å². The fourth-order valence-corrected chi connectivity index (χ4v) is 2.25. The number of rotatable bonds is 3. The van der Waals surface area contributed by atoms with Gasteiger partial charge in [0.1, 0.15) is 0 Å². The molecule has 3 heteroatoms. The highest BCUT2D eigenvalue weighted by Crippen LogP contribution is 2.28. The van der Waals surface area contributed by atoms with Gasteiger partial charge in [-0.05, 0) is 19.4 Å². The lowest BCUT2D eigenvalue weighted by Gasteiger charge is -1.97. The zero-order chi connectivity index (χ0) is 10.7. The molecular formula is C12H14N2S.